The monoisotopic (exact) mass is 279 g/mol. The van der Waals surface area contributed by atoms with E-state index in [2.05, 4.69) is 5.32 Å². The molecule has 0 aliphatic rings. The summed E-state index contributed by atoms with van der Waals surface area (Å²) in [6.07, 6.45) is 0. The van der Waals surface area contributed by atoms with Crippen molar-refractivity contribution in [2.45, 2.75) is 6.92 Å². The van der Waals surface area contributed by atoms with Gasteiger partial charge in [0, 0.05) is 11.3 Å². The number of rotatable bonds is 2. The lowest BCUT2D eigenvalue weighted by Gasteiger charge is -2.09. The number of fused-ring (bicyclic) bond motifs is 1. The van der Waals surface area contributed by atoms with Crippen LogP contribution in [0.15, 0.2) is 60.7 Å². The number of nitrogens with one attached hydrogen (secondary N) is 1. The number of halogens is 1. The number of anilines is 1. The van der Waals surface area contributed by atoms with Gasteiger partial charge in [-0.2, -0.15) is 0 Å². The zero-order chi connectivity index (χ0) is 14.8. The molecule has 0 saturated carbocycles. The molecule has 21 heavy (non-hydrogen) atoms. The molecule has 3 heteroatoms. The molecule has 1 amide bonds. The number of hydrogen-bond donors (Lipinski definition) is 1. The van der Waals surface area contributed by atoms with Gasteiger partial charge in [-0.1, -0.05) is 30.3 Å². The van der Waals surface area contributed by atoms with Crippen molar-refractivity contribution in [1.82, 2.24) is 0 Å². The molecule has 0 bridgehead atoms. The van der Waals surface area contributed by atoms with Gasteiger partial charge < -0.3 is 5.32 Å². The number of hydrogen-bond acceptors (Lipinski definition) is 1. The van der Waals surface area contributed by atoms with Crippen LogP contribution in [0.5, 0.6) is 0 Å². The van der Waals surface area contributed by atoms with Crippen molar-refractivity contribution in [3.05, 3.63) is 77.6 Å². The van der Waals surface area contributed by atoms with Gasteiger partial charge in [0.2, 0.25) is 0 Å². The maximum Gasteiger partial charge on any atom is 0.255 e. The summed E-state index contributed by atoms with van der Waals surface area (Å²) in [6, 6.07) is 17.7. The molecule has 0 aliphatic heterocycles. The first-order chi connectivity index (χ1) is 10.1. The first kappa shape index (κ1) is 13.3. The van der Waals surface area contributed by atoms with E-state index in [9.17, 15) is 9.18 Å². The second-order valence-electron chi connectivity index (χ2n) is 4.98. The number of amides is 1. The van der Waals surface area contributed by atoms with Gasteiger partial charge in [-0.3, -0.25) is 4.79 Å². The molecule has 0 aromatic heterocycles. The average molecular weight is 279 g/mol. The summed E-state index contributed by atoms with van der Waals surface area (Å²) in [5.41, 5.74) is 1.90. The third kappa shape index (κ3) is 2.77. The minimum Gasteiger partial charge on any atom is -0.322 e. The van der Waals surface area contributed by atoms with Crippen LogP contribution in [0.3, 0.4) is 0 Å². The van der Waals surface area contributed by atoms with Gasteiger partial charge in [0.25, 0.3) is 5.91 Å². The Bertz CT molecular complexity index is 826. The van der Waals surface area contributed by atoms with Gasteiger partial charge >= 0.3 is 0 Å². The van der Waals surface area contributed by atoms with Gasteiger partial charge in [0.05, 0.1) is 0 Å². The van der Waals surface area contributed by atoms with Crippen LogP contribution < -0.4 is 5.32 Å². The van der Waals surface area contributed by atoms with E-state index >= 15 is 0 Å². The summed E-state index contributed by atoms with van der Waals surface area (Å²) >= 11 is 0. The summed E-state index contributed by atoms with van der Waals surface area (Å²) in [5.74, 6) is -0.508. The predicted octanol–water partition coefficient (Wildman–Crippen LogP) is 4.54. The SMILES string of the molecule is Cc1cc(F)ccc1NC(=O)c1ccc2ccccc2c1. The molecule has 0 unspecified atom stereocenters. The fourth-order valence-electron chi connectivity index (χ4n) is 2.29. The fourth-order valence-corrected chi connectivity index (χ4v) is 2.29. The minimum absolute atomic E-state index is 0.199. The largest absolute Gasteiger partial charge is 0.322 e. The Kier molecular flexibility index (Phi) is 3.40. The standard InChI is InChI=1S/C18H14FNO/c1-12-10-16(19)8-9-17(12)20-18(21)15-7-6-13-4-2-3-5-14(13)11-15/h2-11H,1H3,(H,20,21). The molecule has 0 aliphatic carbocycles. The lowest BCUT2D eigenvalue weighted by Crippen LogP contribution is -2.12. The van der Waals surface area contributed by atoms with Gasteiger partial charge in [0.1, 0.15) is 5.82 Å². The van der Waals surface area contributed by atoms with Gasteiger partial charge in [0.15, 0.2) is 0 Å². The molecule has 0 radical (unpaired) electrons. The van der Waals surface area contributed by atoms with Crippen LogP contribution in [-0.4, -0.2) is 5.91 Å². The molecule has 104 valence electrons. The van der Waals surface area contributed by atoms with E-state index in [4.69, 9.17) is 0 Å². The zero-order valence-corrected chi connectivity index (χ0v) is 11.6. The lowest BCUT2D eigenvalue weighted by molar-refractivity contribution is 0.102. The zero-order valence-electron chi connectivity index (χ0n) is 11.6. The van der Waals surface area contributed by atoms with Crippen molar-refractivity contribution in [3.63, 3.8) is 0 Å². The lowest BCUT2D eigenvalue weighted by atomic mass is 10.1. The fraction of sp³-hybridized carbons (Fsp3) is 0.0556. The van der Waals surface area contributed by atoms with Crippen LogP contribution in [0.1, 0.15) is 15.9 Å². The van der Waals surface area contributed by atoms with E-state index in [0.29, 0.717) is 16.8 Å². The highest BCUT2D eigenvalue weighted by Crippen LogP contribution is 2.19. The molecular formula is C18H14FNO. The Labute approximate surface area is 122 Å². The Morgan fingerprint density at radius 1 is 0.952 bits per heavy atom. The normalized spacial score (nSPS) is 10.6. The number of carbonyl (C=O) groups is 1. The van der Waals surface area contributed by atoms with Crippen molar-refractivity contribution in [3.8, 4) is 0 Å². The smallest absolute Gasteiger partial charge is 0.255 e. The van der Waals surface area contributed by atoms with Crippen LogP contribution in [0.4, 0.5) is 10.1 Å². The van der Waals surface area contributed by atoms with E-state index in [1.165, 1.54) is 12.1 Å². The molecule has 0 saturated heterocycles. The summed E-state index contributed by atoms with van der Waals surface area (Å²) in [7, 11) is 0. The Morgan fingerprint density at radius 3 is 2.48 bits per heavy atom. The Hall–Kier alpha value is -2.68. The van der Waals surface area contributed by atoms with E-state index in [0.717, 1.165) is 10.8 Å². The number of benzene rings is 3. The average Bonchev–Trinajstić information content (AvgIpc) is 2.49. The minimum atomic E-state index is -0.309. The molecule has 3 aromatic rings. The second kappa shape index (κ2) is 5.37. The van der Waals surface area contributed by atoms with Crippen LogP contribution in [0.25, 0.3) is 10.8 Å². The molecule has 2 nitrogen and oxygen atoms in total. The highest BCUT2D eigenvalue weighted by Gasteiger charge is 2.08. The topological polar surface area (TPSA) is 29.1 Å². The second-order valence-corrected chi connectivity index (χ2v) is 4.98. The highest BCUT2D eigenvalue weighted by atomic mass is 19.1. The Morgan fingerprint density at radius 2 is 1.71 bits per heavy atom. The van der Waals surface area contributed by atoms with Crippen molar-refractivity contribution < 1.29 is 9.18 Å². The van der Waals surface area contributed by atoms with Crippen molar-refractivity contribution >= 4 is 22.4 Å². The number of carbonyl (C=O) groups excluding carboxylic acids is 1. The van der Waals surface area contributed by atoms with Gasteiger partial charge in [-0.15, -0.1) is 0 Å². The summed E-state index contributed by atoms with van der Waals surface area (Å²) in [4.78, 5) is 12.3. The summed E-state index contributed by atoms with van der Waals surface area (Å²) < 4.78 is 13.1. The first-order valence-electron chi connectivity index (χ1n) is 6.70. The predicted molar refractivity (Wildman–Crippen MR) is 83.0 cm³/mol. The van der Waals surface area contributed by atoms with Gasteiger partial charge in [-0.25, -0.2) is 4.39 Å². The molecular weight excluding hydrogens is 265 g/mol. The van der Waals surface area contributed by atoms with Crippen LogP contribution >= 0.6 is 0 Å². The molecule has 0 heterocycles. The summed E-state index contributed by atoms with van der Waals surface area (Å²) in [6.45, 7) is 1.76. The van der Waals surface area contributed by atoms with E-state index < -0.39 is 0 Å². The van der Waals surface area contributed by atoms with E-state index in [1.54, 1.807) is 19.1 Å². The van der Waals surface area contributed by atoms with Crippen LogP contribution in [0.2, 0.25) is 0 Å². The maximum atomic E-state index is 13.1. The van der Waals surface area contributed by atoms with Crippen molar-refractivity contribution in [2.24, 2.45) is 0 Å². The summed E-state index contributed by atoms with van der Waals surface area (Å²) in [5, 5.41) is 4.92. The van der Waals surface area contributed by atoms with Crippen LogP contribution in [-0.2, 0) is 0 Å². The first-order valence-corrected chi connectivity index (χ1v) is 6.70. The molecule has 3 rings (SSSR count). The van der Waals surface area contributed by atoms with Crippen molar-refractivity contribution in [1.29, 1.82) is 0 Å². The van der Waals surface area contributed by atoms with E-state index in [-0.39, 0.29) is 11.7 Å². The quantitative estimate of drug-likeness (QED) is 0.733. The highest BCUT2D eigenvalue weighted by molar-refractivity contribution is 6.06. The third-order valence-electron chi connectivity index (χ3n) is 3.45. The van der Waals surface area contributed by atoms with Gasteiger partial charge in [-0.05, 0) is 53.6 Å². The molecule has 1 N–H and O–H groups in total. The van der Waals surface area contributed by atoms with E-state index in [1.807, 2.05) is 36.4 Å². The third-order valence-corrected chi connectivity index (χ3v) is 3.45. The molecule has 0 atom stereocenters. The number of aryl methyl sites for hydroxylation is 1. The molecule has 3 aromatic carbocycles. The van der Waals surface area contributed by atoms with Crippen molar-refractivity contribution in [2.75, 3.05) is 5.32 Å². The molecule has 0 fully saturated rings. The van der Waals surface area contributed by atoms with Crippen LogP contribution in [0, 0.1) is 12.7 Å². The maximum absolute atomic E-state index is 13.1. The Balaban J connectivity index is 1.89. The molecule has 0 spiro atoms.